The maximum Gasteiger partial charge on any atom is 0.251 e. The lowest BCUT2D eigenvalue weighted by molar-refractivity contribution is 0.0947. The third-order valence-corrected chi connectivity index (χ3v) is 3.82. The van der Waals surface area contributed by atoms with Gasteiger partial charge in [-0.25, -0.2) is 0 Å². The monoisotopic (exact) mass is 276 g/mol. The molecule has 4 nitrogen and oxygen atoms in total. The molecule has 20 heavy (non-hydrogen) atoms. The quantitative estimate of drug-likeness (QED) is 0.820. The molecule has 0 atom stereocenters. The molecule has 4 heteroatoms. The van der Waals surface area contributed by atoms with Gasteiger partial charge in [-0.1, -0.05) is 6.07 Å². The molecule has 1 N–H and O–H groups in total. The Bertz CT molecular complexity index is 460. The van der Waals surface area contributed by atoms with Crippen LogP contribution in [0.4, 0.5) is 0 Å². The van der Waals surface area contributed by atoms with E-state index in [1.165, 1.54) is 17.5 Å². The number of ether oxygens (including phenoxy) is 1. The van der Waals surface area contributed by atoms with Crippen molar-refractivity contribution >= 4 is 5.91 Å². The normalized spacial score (nSPS) is 13.6. The van der Waals surface area contributed by atoms with Gasteiger partial charge >= 0.3 is 0 Å². The summed E-state index contributed by atoms with van der Waals surface area (Å²) in [7, 11) is 3.73. The van der Waals surface area contributed by atoms with E-state index in [-0.39, 0.29) is 5.91 Å². The Morgan fingerprint density at radius 1 is 1.30 bits per heavy atom. The van der Waals surface area contributed by atoms with Gasteiger partial charge in [0.1, 0.15) is 0 Å². The highest BCUT2D eigenvalue weighted by molar-refractivity contribution is 5.94. The molecule has 1 aromatic carbocycles. The van der Waals surface area contributed by atoms with Crippen LogP contribution in [0.15, 0.2) is 18.2 Å². The van der Waals surface area contributed by atoms with E-state index >= 15 is 0 Å². The molecule has 0 heterocycles. The summed E-state index contributed by atoms with van der Waals surface area (Å²) in [5, 5.41) is 2.98. The molecule has 0 spiro atoms. The molecular weight excluding hydrogens is 252 g/mol. The van der Waals surface area contributed by atoms with E-state index in [9.17, 15) is 4.79 Å². The highest BCUT2D eigenvalue weighted by Gasteiger charge is 2.13. The lowest BCUT2D eigenvalue weighted by Crippen LogP contribution is -2.34. The third kappa shape index (κ3) is 4.05. The minimum Gasteiger partial charge on any atom is -0.383 e. The maximum absolute atomic E-state index is 12.1. The summed E-state index contributed by atoms with van der Waals surface area (Å²) < 4.78 is 5.02. The van der Waals surface area contributed by atoms with E-state index in [0.29, 0.717) is 6.54 Å². The summed E-state index contributed by atoms with van der Waals surface area (Å²) in [4.78, 5) is 14.2. The van der Waals surface area contributed by atoms with Crippen molar-refractivity contribution in [2.45, 2.75) is 19.3 Å². The van der Waals surface area contributed by atoms with Crippen molar-refractivity contribution in [1.29, 1.82) is 0 Å². The number of hydrogen-bond donors (Lipinski definition) is 1. The fraction of sp³-hybridized carbons (Fsp3) is 0.562. The van der Waals surface area contributed by atoms with E-state index in [1.54, 1.807) is 7.11 Å². The zero-order chi connectivity index (χ0) is 14.4. The van der Waals surface area contributed by atoms with Gasteiger partial charge in [0.2, 0.25) is 0 Å². The first kappa shape index (κ1) is 15.0. The highest BCUT2D eigenvalue weighted by atomic mass is 16.5. The molecule has 1 aliphatic rings. The van der Waals surface area contributed by atoms with Crippen LogP contribution in [0.3, 0.4) is 0 Å². The fourth-order valence-electron chi connectivity index (χ4n) is 2.53. The molecule has 110 valence electrons. The first-order valence-corrected chi connectivity index (χ1v) is 7.28. The summed E-state index contributed by atoms with van der Waals surface area (Å²) in [6.45, 7) is 3.09. The van der Waals surface area contributed by atoms with Crippen LogP contribution in [-0.2, 0) is 17.6 Å². The number of amides is 1. The van der Waals surface area contributed by atoms with Crippen molar-refractivity contribution in [3.05, 3.63) is 34.9 Å². The van der Waals surface area contributed by atoms with Crippen LogP contribution in [-0.4, -0.2) is 51.2 Å². The number of nitrogens with zero attached hydrogens (tertiary/aromatic N) is 1. The number of rotatable bonds is 7. The zero-order valence-corrected chi connectivity index (χ0v) is 12.4. The van der Waals surface area contributed by atoms with E-state index < -0.39 is 0 Å². The number of likely N-dealkylation sites (N-methyl/N-ethyl adjacent to an activating group) is 1. The molecule has 1 aromatic rings. The van der Waals surface area contributed by atoms with Crippen LogP contribution in [0.25, 0.3) is 0 Å². The highest BCUT2D eigenvalue weighted by Crippen LogP contribution is 2.22. The minimum absolute atomic E-state index is 0.0276. The van der Waals surface area contributed by atoms with E-state index in [0.717, 1.165) is 38.1 Å². The minimum atomic E-state index is 0.0276. The molecule has 0 aromatic heterocycles. The Hall–Kier alpha value is -1.39. The van der Waals surface area contributed by atoms with Gasteiger partial charge in [0.15, 0.2) is 0 Å². The number of fused-ring (bicyclic) bond motifs is 1. The fourth-order valence-corrected chi connectivity index (χ4v) is 2.53. The molecule has 0 saturated carbocycles. The Labute approximate surface area is 121 Å². The molecule has 1 amide bonds. The molecule has 0 radical (unpaired) electrons. The number of methoxy groups -OCH3 is 1. The third-order valence-electron chi connectivity index (χ3n) is 3.82. The average molecular weight is 276 g/mol. The van der Waals surface area contributed by atoms with E-state index in [1.807, 2.05) is 19.2 Å². The van der Waals surface area contributed by atoms with Gasteiger partial charge in [0.25, 0.3) is 5.91 Å². The van der Waals surface area contributed by atoms with Crippen molar-refractivity contribution in [1.82, 2.24) is 10.2 Å². The second-order valence-corrected chi connectivity index (χ2v) is 5.39. The second-order valence-electron chi connectivity index (χ2n) is 5.39. The van der Waals surface area contributed by atoms with E-state index in [2.05, 4.69) is 16.3 Å². The summed E-state index contributed by atoms with van der Waals surface area (Å²) >= 11 is 0. The predicted octanol–water partition coefficient (Wildman–Crippen LogP) is 1.48. The second kappa shape index (κ2) is 7.41. The number of nitrogens with one attached hydrogen (secondary N) is 1. The Balaban J connectivity index is 1.77. The van der Waals surface area contributed by atoms with Gasteiger partial charge < -0.3 is 15.0 Å². The standard InChI is InChI=1S/C16H24N2O2/c1-18(10-11-20-2)9-8-17-16(19)15-7-6-13-4-3-5-14(13)12-15/h6-7,12H,3-5,8-11H2,1-2H3,(H,17,19). The smallest absolute Gasteiger partial charge is 0.251 e. The van der Waals surface area contributed by atoms with Crippen LogP contribution < -0.4 is 5.32 Å². The molecular formula is C16H24N2O2. The summed E-state index contributed by atoms with van der Waals surface area (Å²) in [5.41, 5.74) is 3.53. The first-order valence-electron chi connectivity index (χ1n) is 7.28. The Morgan fingerprint density at radius 2 is 2.10 bits per heavy atom. The zero-order valence-electron chi connectivity index (χ0n) is 12.4. The number of carbonyl (C=O) groups is 1. The van der Waals surface area contributed by atoms with Gasteiger partial charge in [0, 0.05) is 32.3 Å². The Morgan fingerprint density at radius 3 is 2.90 bits per heavy atom. The summed E-state index contributed by atoms with van der Waals surface area (Å²) in [5.74, 6) is 0.0276. The Kier molecular flexibility index (Phi) is 5.56. The van der Waals surface area contributed by atoms with E-state index in [4.69, 9.17) is 4.74 Å². The van der Waals surface area contributed by atoms with Crippen LogP contribution in [0.5, 0.6) is 0 Å². The van der Waals surface area contributed by atoms with Gasteiger partial charge in [0.05, 0.1) is 6.61 Å². The van der Waals surface area contributed by atoms with Crippen LogP contribution in [0.1, 0.15) is 27.9 Å². The van der Waals surface area contributed by atoms with Crippen molar-refractivity contribution in [3.8, 4) is 0 Å². The van der Waals surface area contributed by atoms with Gasteiger partial charge in [-0.3, -0.25) is 4.79 Å². The number of hydrogen-bond acceptors (Lipinski definition) is 3. The predicted molar refractivity (Wildman–Crippen MR) is 80.2 cm³/mol. The molecule has 0 unspecified atom stereocenters. The first-order chi connectivity index (χ1) is 9.70. The molecule has 2 rings (SSSR count). The molecule has 0 saturated heterocycles. The number of aryl methyl sites for hydroxylation is 2. The number of benzene rings is 1. The topological polar surface area (TPSA) is 41.6 Å². The van der Waals surface area contributed by atoms with Gasteiger partial charge in [-0.05, 0) is 49.6 Å². The maximum atomic E-state index is 12.1. The summed E-state index contributed by atoms with van der Waals surface area (Å²) in [6, 6.07) is 6.09. The van der Waals surface area contributed by atoms with Gasteiger partial charge in [-0.15, -0.1) is 0 Å². The SMILES string of the molecule is COCCN(C)CCNC(=O)c1ccc2c(c1)CCC2. The van der Waals surface area contributed by atoms with Crippen molar-refractivity contribution in [3.63, 3.8) is 0 Å². The number of carbonyl (C=O) groups excluding carboxylic acids is 1. The summed E-state index contributed by atoms with van der Waals surface area (Å²) in [6.07, 6.45) is 3.47. The lowest BCUT2D eigenvalue weighted by Gasteiger charge is -2.16. The molecule has 0 bridgehead atoms. The van der Waals surface area contributed by atoms with Crippen LogP contribution in [0, 0.1) is 0 Å². The molecule has 1 aliphatic carbocycles. The van der Waals surface area contributed by atoms with Crippen molar-refractivity contribution in [2.24, 2.45) is 0 Å². The lowest BCUT2D eigenvalue weighted by atomic mass is 10.1. The van der Waals surface area contributed by atoms with Crippen LogP contribution in [0.2, 0.25) is 0 Å². The molecule has 0 aliphatic heterocycles. The van der Waals surface area contributed by atoms with Gasteiger partial charge in [-0.2, -0.15) is 0 Å². The van der Waals surface area contributed by atoms with Crippen molar-refractivity contribution < 1.29 is 9.53 Å². The van der Waals surface area contributed by atoms with Crippen LogP contribution >= 0.6 is 0 Å². The average Bonchev–Trinajstić information content (AvgIpc) is 2.92. The van der Waals surface area contributed by atoms with Crippen molar-refractivity contribution in [2.75, 3.05) is 40.4 Å². The largest absolute Gasteiger partial charge is 0.383 e. The molecule has 0 fully saturated rings.